The Kier molecular flexibility index (Phi) is 2.70. The molecule has 6 nitrogen and oxygen atoms in total. The Morgan fingerprint density at radius 2 is 2.20 bits per heavy atom. The van der Waals surface area contributed by atoms with Crippen molar-refractivity contribution in [2.45, 2.75) is 32.8 Å². The van der Waals surface area contributed by atoms with Gasteiger partial charge in [-0.05, 0) is 29.4 Å². The van der Waals surface area contributed by atoms with Crippen LogP contribution < -0.4 is 0 Å². The summed E-state index contributed by atoms with van der Waals surface area (Å²) in [5, 5.41) is 9.39. The molecule has 1 aliphatic heterocycles. The van der Waals surface area contributed by atoms with Gasteiger partial charge < -0.3 is 9.57 Å². The second kappa shape index (κ2) is 4.19. The molecule has 0 fully saturated rings. The van der Waals surface area contributed by atoms with Crippen LogP contribution in [-0.2, 0) is 22.4 Å². The molecule has 0 amide bonds. The van der Waals surface area contributed by atoms with Crippen LogP contribution in [0.4, 0.5) is 0 Å². The van der Waals surface area contributed by atoms with Crippen LogP contribution in [0.3, 0.4) is 0 Å². The fourth-order valence-corrected chi connectivity index (χ4v) is 3.15. The van der Waals surface area contributed by atoms with Gasteiger partial charge in [-0.2, -0.15) is 0 Å². The van der Waals surface area contributed by atoms with Gasteiger partial charge in [-0.3, -0.25) is 0 Å². The van der Waals surface area contributed by atoms with E-state index in [9.17, 15) is 14.9 Å². The molecule has 0 radical (unpaired) electrons. The average Bonchev–Trinajstić information content (AvgIpc) is 2.82. The first-order valence-corrected chi connectivity index (χ1v) is 6.50. The highest BCUT2D eigenvalue weighted by molar-refractivity contribution is 5.96. The topological polar surface area (TPSA) is 78.7 Å². The molecule has 0 N–H and O–H groups in total. The average molecular weight is 277 g/mol. The number of rotatable bonds is 3. The molecule has 0 aromatic heterocycles. The zero-order chi connectivity index (χ0) is 14.5. The smallest absolute Gasteiger partial charge is 0.339 e. The number of hydrogen-bond donors (Lipinski definition) is 0. The lowest BCUT2D eigenvalue weighted by Crippen LogP contribution is -2.11. The third-order valence-corrected chi connectivity index (χ3v) is 3.90. The zero-order valence-electron chi connectivity index (χ0n) is 11.3. The van der Waals surface area contributed by atoms with Crippen LogP contribution in [0.15, 0.2) is 12.1 Å². The summed E-state index contributed by atoms with van der Waals surface area (Å²) in [5.74, 6) is -0.397. The molecule has 106 valence electrons. The number of nitrogens with zero attached hydrogens (tertiary/aromatic N) is 1. The fourth-order valence-electron chi connectivity index (χ4n) is 3.15. The molecule has 6 heteroatoms. The number of fused-ring (bicyclic) bond motifs is 3. The largest absolute Gasteiger partial charge is 0.452 e. The molecule has 0 unspecified atom stereocenters. The third kappa shape index (κ3) is 2.01. The number of cyclic esters (lactones) is 1. The molecule has 1 aromatic carbocycles. The molecular weight excluding hydrogens is 262 g/mol. The maximum absolute atomic E-state index is 12.0. The lowest BCUT2D eigenvalue weighted by molar-refractivity contribution is -0.759. The predicted octanol–water partition coefficient (Wildman–Crippen LogP) is 2.23. The predicted molar refractivity (Wildman–Crippen MR) is 68.7 cm³/mol. The van der Waals surface area contributed by atoms with Gasteiger partial charge in [0.1, 0.15) is 6.61 Å². The van der Waals surface area contributed by atoms with E-state index in [0.29, 0.717) is 11.1 Å². The number of ether oxygens (including phenoxy) is 1. The summed E-state index contributed by atoms with van der Waals surface area (Å²) >= 11 is 0. The molecule has 1 aromatic rings. The van der Waals surface area contributed by atoms with Crippen LogP contribution in [0, 0.1) is 15.5 Å². The van der Waals surface area contributed by atoms with Crippen molar-refractivity contribution in [1.29, 1.82) is 0 Å². The monoisotopic (exact) mass is 277 g/mol. The molecule has 0 spiro atoms. The van der Waals surface area contributed by atoms with Crippen LogP contribution in [0.1, 0.15) is 47.0 Å². The van der Waals surface area contributed by atoms with E-state index in [0.717, 1.165) is 18.4 Å². The third-order valence-electron chi connectivity index (χ3n) is 3.90. The van der Waals surface area contributed by atoms with Gasteiger partial charge in [0.05, 0.1) is 5.56 Å². The Bertz CT molecular complexity index is 608. The van der Waals surface area contributed by atoms with Gasteiger partial charge in [0.2, 0.25) is 0 Å². The van der Waals surface area contributed by atoms with Crippen molar-refractivity contribution in [3.63, 3.8) is 0 Å². The molecule has 20 heavy (non-hydrogen) atoms. The molecule has 1 aliphatic carbocycles. The standard InChI is InChI=1S/C14H15NO5/c1-14(2)5-8-3-4-9-11(7-19-15(17)18)20-13(16)12(9)10(8)6-14/h3-4,11H,5-7H2,1-2H3/t11-/m0/s1. The van der Waals surface area contributed by atoms with Crippen molar-refractivity contribution in [2.24, 2.45) is 5.41 Å². The van der Waals surface area contributed by atoms with Crippen molar-refractivity contribution in [3.05, 3.63) is 44.5 Å². The van der Waals surface area contributed by atoms with Crippen LogP contribution in [0.5, 0.6) is 0 Å². The highest BCUT2D eigenvalue weighted by Gasteiger charge is 2.39. The number of carbonyl (C=O) groups excluding carboxylic acids is 1. The number of benzene rings is 1. The van der Waals surface area contributed by atoms with Crippen LogP contribution >= 0.6 is 0 Å². The van der Waals surface area contributed by atoms with Crippen molar-refractivity contribution >= 4 is 5.97 Å². The summed E-state index contributed by atoms with van der Waals surface area (Å²) in [4.78, 5) is 26.6. The summed E-state index contributed by atoms with van der Waals surface area (Å²) in [5.41, 5.74) is 3.62. The van der Waals surface area contributed by atoms with E-state index < -0.39 is 17.2 Å². The van der Waals surface area contributed by atoms with Gasteiger partial charge >= 0.3 is 5.97 Å². The Hall–Kier alpha value is -2.11. The van der Waals surface area contributed by atoms with Crippen molar-refractivity contribution in [1.82, 2.24) is 0 Å². The van der Waals surface area contributed by atoms with E-state index in [2.05, 4.69) is 18.7 Å². The van der Waals surface area contributed by atoms with Crippen molar-refractivity contribution < 1.29 is 19.5 Å². The lowest BCUT2D eigenvalue weighted by Gasteiger charge is -2.14. The van der Waals surface area contributed by atoms with Gasteiger partial charge in [-0.1, -0.05) is 26.0 Å². The first kappa shape index (κ1) is 12.9. The molecule has 1 atom stereocenters. The second-order valence-corrected chi connectivity index (χ2v) is 6.10. The molecule has 0 saturated heterocycles. The van der Waals surface area contributed by atoms with Crippen molar-refractivity contribution in [3.8, 4) is 0 Å². The maximum atomic E-state index is 12.0. The van der Waals surface area contributed by atoms with Crippen LogP contribution in [-0.4, -0.2) is 17.7 Å². The Morgan fingerprint density at radius 3 is 2.90 bits per heavy atom. The minimum Gasteiger partial charge on any atom is -0.452 e. The minimum atomic E-state index is -0.873. The first-order chi connectivity index (χ1) is 9.37. The Balaban J connectivity index is 1.96. The van der Waals surface area contributed by atoms with Crippen molar-refractivity contribution in [2.75, 3.05) is 6.61 Å². The normalized spacial score (nSPS) is 22.1. The summed E-state index contributed by atoms with van der Waals surface area (Å²) in [7, 11) is 0. The SMILES string of the molecule is CC1(C)Cc2ccc3c(c2C1)C(=O)O[C@H]3CO[N+](=O)[O-]. The Labute approximate surface area is 115 Å². The summed E-state index contributed by atoms with van der Waals surface area (Å²) in [6.07, 6.45) is 1.07. The van der Waals surface area contributed by atoms with Gasteiger partial charge in [0.15, 0.2) is 6.10 Å². The first-order valence-electron chi connectivity index (χ1n) is 6.50. The van der Waals surface area contributed by atoms with E-state index in [-0.39, 0.29) is 12.0 Å². The molecule has 2 aliphatic rings. The van der Waals surface area contributed by atoms with E-state index in [1.807, 2.05) is 12.1 Å². The highest BCUT2D eigenvalue weighted by atomic mass is 17.0. The number of carbonyl (C=O) groups is 1. The quantitative estimate of drug-likeness (QED) is 0.481. The van der Waals surface area contributed by atoms with E-state index in [1.165, 1.54) is 5.56 Å². The van der Waals surface area contributed by atoms with Crippen LogP contribution in [0.2, 0.25) is 0 Å². The van der Waals surface area contributed by atoms with E-state index >= 15 is 0 Å². The molecule has 1 heterocycles. The number of esters is 1. The maximum Gasteiger partial charge on any atom is 0.339 e. The second-order valence-electron chi connectivity index (χ2n) is 6.10. The van der Waals surface area contributed by atoms with Gasteiger partial charge in [0.25, 0.3) is 5.09 Å². The van der Waals surface area contributed by atoms with Gasteiger partial charge in [-0.15, -0.1) is 10.1 Å². The summed E-state index contributed by atoms with van der Waals surface area (Å²) < 4.78 is 5.21. The minimum absolute atomic E-state index is 0.132. The van der Waals surface area contributed by atoms with E-state index in [4.69, 9.17) is 4.74 Å². The summed E-state index contributed by atoms with van der Waals surface area (Å²) in [6, 6.07) is 3.82. The molecule has 0 saturated carbocycles. The fraction of sp³-hybridized carbons (Fsp3) is 0.500. The zero-order valence-corrected chi connectivity index (χ0v) is 11.3. The summed E-state index contributed by atoms with van der Waals surface area (Å²) in [6.45, 7) is 4.06. The Morgan fingerprint density at radius 1 is 1.45 bits per heavy atom. The van der Waals surface area contributed by atoms with Crippen LogP contribution in [0.25, 0.3) is 0 Å². The van der Waals surface area contributed by atoms with Gasteiger partial charge in [0, 0.05) is 5.56 Å². The lowest BCUT2D eigenvalue weighted by atomic mass is 9.89. The molecule has 3 rings (SSSR count). The van der Waals surface area contributed by atoms with Gasteiger partial charge in [-0.25, -0.2) is 4.79 Å². The number of hydrogen-bond acceptors (Lipinski definition) is 5. The molecular formula is C14H15NO5. The molecule has 0 bridgehead atoms. The van der Waals surface area contributed by atoms with E-state index in [1.54, 1.807) is 0 Å². The highest BCUT2D eigenvalue weighted by Crippen LogP contribution is 2.43.